The second kappa shape index (κ2) is 7.42. The number of fused-ring (bicyclic) bond motifs is 2. The minimum Gasteiger partial charge on any atom is -0.486 e. The molecule has 7 heteroatoms. The van der Waals surface area contributed by atoms with Crippen LogP contribution in [0.3, 0.4) is 0 Å². The minimum absolute atomic E-state index is 0.0265. The van der Waals surface area contributed by atoms with Crippen LogP contribution in [0.15, 0.2) is 47.3 Å². The predicted octanol–water partition coefficient (Wildman–Crippen LogP) is 2.47. The van der Waals surface area contributed by atoms with Crippen LogP contribution in [0, 0.1) is 0 Å². The van der Waals surface area contributed by atoms with Gasteiger partial charge in [-0.25, -0.2) is 4.79 Å². The summed E-state index contributed by atoms with van der Waals surface area (Å²) in [6, 6.07) is 12.9. The topological polar surface area (TPSA) is 74.5 Å². The van der Waals surface area contributed by atoms with E-state index in [2.05, 4.69) is 5.32 Å². The summed E-state index contributed by atoms with van der Waals surface area (Å²) in [4.78, 5) is 25.3. The van der Waals surface area contributed by atoms with Crippen molar-refractivity contribution in [3.05, 3.63) is 58.5 Å². The molecule has 0 saturated carbocycles. The molecule has 0 saturated heterocycles. The first-order valence-corrected chi connectivity index (χ1v) is 9.45. The minimum atomic E-state index is -0.224. The van der Waals surface area contributed by atoms with E-state index in [4.69, 9.17) is 9.47 Å². The van der Waals surface area contributed by atoms with E-state index in [1.54, 1.807) is 4.57 Å². The number of amides is 1. The van der Waals surface area contributed by atoms with E-state index < -0.39 is 0 Å². The highest BCUT2D eigenvalue weighted by Gasteiger charge is 2.18. The number of ether oxygens (including phenoxy) is 2. The van der Waals surface area contributed by atoms with Gasteiger partial charge in [0.25, 0.3) is 0 Å². The first kappa shape index (κ1) is 18.2. The van der Waals surface area contributed by atoms with Gasteiger partial charge in [0.15, 0.2) is 11.5 Å². The lowest BCUT2D eigenvalue weighted by Crippen LogP contribution is -2.34. The van der Waals surface area contributed by atoms with Gasteiger partial charge < -0.3 is 14.8 Å². The highest BCUT2D eigenvalue weighted by Crippen LogP contribution is 2.32. The van der Waals surface area contributed by atoms with Crippen molar-refractivity contribution in [2.24, 2.45) is 0 Å². The summed E-state index contributed by atoms with van der Waals surface area (Å²) in [5.74, 6) is 1.18. The van der Waals surface area contributed by atoms with Crippen molar-refractivity contribution in [2.75, 3.05) is 13.2 Å². The fourth-order valence-electron chi connectivity index (χ4n) is 3.57. The molecule has 1 N–H and O–H groups in total. The van der Waals surface area contributed by atoms with Crippen molar-refractivity contribution >= 4 is 16.9 Å². The summed E-state index contributed by atoms with van der Waals surface area (Å²) >= 11 is 0. The Labute approximate surface area is 162 Å². The summed E-state index contributed by atoms with van der Waals surface area (Å²) in [5, 5.41) is 2.97. The van der Waals surface area contributed by atoms with E-state index in [9.17, 15) is 9.59 Å². The first-order valence-electron chi connectivity index (χ1n) is 9.45. The molecule has 7 nitrogen and oxygen atoms in total. The molecule has 28 heavy (non-hydrogen) atoms. The highest BCUT2D eigenvalue weighted by molar-refractivity contribution is 5.81. The van der Waals surface area contributed by atoms with Crippen LogP contribution in [0.25, 0.3) is 11.0 Å². The number of rotatable bonds is 5. The van der Waals surface area contributed by atoms with Crippen LogP contribution in [0.1, 0.15) is 25.5 Å². The van der Waals surface area contributed by atoms with Crippen LogP contribution in [0.2, 0.25) is 0 Å². The molecular weight excluding hydrogens is 358 g/mol. The number of nitrogens with one attached hydrogen (secondary N) is 1. The van der Waals surface area contributed by atoms with Gasteiger partial charge in [0.2, 0.25) is 5.91 Å². The van der Waals surface area contributed by atoms with Gasteiger partial charge in [-0.2, -0.15) is 0 Å². The average molecular weight is 381 g/mol. The molecule has 0 radical (unpaired) electrons. The van der Waals surface area contributed by atoms with E-state index in [1.807, 2.05) is 56.3 Å². The van der Waals surface area contributed by atoms with Crippen LogP contribution < -0.4 is 20.5 Å². The van der Waals surface area contributed by atoms with E-state index in [1.165, 1.54) is 4.57 Å². The van der Waals surface area contributed by atoms with Crippen molar-refractivity contribution < 1.29 is 14.3 Å². The largest absolute Gasteiger partial charge is 0.486 e. The third-order valence-corrected chi connectivity index (χ3v) is 4.99. The molecule has 1 atom stereocenters. The molecule has 1 aliphatic rings. The molecule has 3 aromatic rings. The number of para-hydroxylation sites is 2. The normalized spacial score (nSPS) is 14.1. The quantitative estimate of drug-likeness (QED) is 0.737. The van der Waals surface area contributed by atoms with Crippen LogP contribution in [-0.2, 0) is 17.9 Å². The lowest BCUT2D eigenvalue weighted by molar-refractivity contribution is -0.122. The Hall–Kier alpha value is -3.22. The zero-order valence-electron chi connectivity index (χ0n) is 16.0. The van der Waals surface area contributed by atoms with Gasteiger partial charge in [-0.05, 0) is 43.7 Å². The summed E-state index contributed by atoms with van der Waals surface area (Å²) in [7, 11) is 0. The van der Waals surface area contributed by atoms with E-state index in [0.717, 1.165) is 16.6 Å². The van der Waals surface area contributed by atoms with Gasteiger partial charge >= 0.3 is 5.69 Å². The Morgan fingerprint density at radius 3 is 2.46 bits per heavy atom. The van der Waals surface area contributed by atoms with Crippen LogP contribution in [0.5, 0.6) is 11.5 Å². The zero-order chi connectivity index (χ0) is 19.7. The molecule has 2 aromatic carbocycles. The predicted molar refractivity (Wildman–Crippen MR) is 106 cm³/mol. The Kier molecular flexibility index (Phi) is 4.81. The number of carbonyl (C=O) groups is 1. The molecule has 4 rings (SSSR count). The molecular formula is C21H23N3O4. The number of imidazole rings is 1. The summed E-state index contributed by atoms with van der Waals surface area (Å²) in [6.07, 6.45) is 0. The zero-order valence-corrected chi connectivity index (χ0v) is 16.0. The number of hydrogen-bond acceptors (Lipinski definition) is 4. The maximum absolute atomic E-state index is 12.7. The standard InChI is InChI=1S/C21H23N3O4/c1-3-23-16-6-4-5-7-17(16)24(21(23)26)13-20(25)22-14(2)15-8-9-18-19(12-15)28-11-10-27-18/h4-9,12,14H,3,10-11,13H2,1-2H3,(H,22,25). The maximum Gasteiger partial charge on any atom is 0.329 e. The molecule has 146 valence electrons. The molecule has 1 amide bonds. The Balaban J connectivity index is 1.53. The van der Waals surface area contributed by atoms with Gasteiger partial charge in [0, 0.05) is 6.54 Å². The highest BCUT2D eigenvalue weighted by atomic mass is 16.6. The second-order valence-electron chi connectivity index (χ2n) is 6.79. The van der Waals surface area contributed by atoms with Crippen LogP contribution in [0.4, 0.5) is 0 Å². The number of aromatic nitrogens is 2. The smallest absolute Gasteiger partial charge is 0.329 e. The Morgan fingerprint density at radius 2 is 1.75 bits per heavy atom. The molecule has 0 aliphatic carbocycles. The SMILES string of the molecule is CCn1c(=O)n(CC(=O)NC(C)c2ccc3c(c2)OCCO3)c2ccccc21. The maximum atomic E-state index is 12.7. The third-order valence-electron chi connectivity index (χ3n) is 4.99. The molecule has 1 aliphatic heterocycles. The van der Waals surface area contributed by atoms with Gasteiger partial charge in [-0.3, -0.25) is 13.9 Å². The molecule has 0 fully saturated rings. The van der Waals surface area contributed by atoms with Crippen molar-refractivity contribution in [3.63, 3.8) is 0 Å². The molecule has 2 heterocycles. The fraction of sp³-hybridized carbons (Fsp3) is 0.333. The van der Waals surface area contributed by atoms with Crippen molar-refractivity contribution in [1.29, 1.82) is 0 Å². The van der Waals surface area contributed by atoms with Crippen molar-refractivity contribution in [1.82, 2.24) is 14.5 Å². The first-order chi connectivity index (χ1) is 13.6. The van der Waals surface area contributed by atoms with Crippen LogP contribution >= 0.6 is 0 Å². The Bertz CT molecular complexity index is 1080. The van der Waals surface area contributed by atoms with Gasteiger partial charge in [-0.15, -0.1) is 0 Å². The Morgan fingerprint density at radius 1 is 1.07 bits per heavy atom. The van der Waals surface area contributed by atoms with Crippen LogP contribution in [-0.4, -0.2) is 28.3 Å². The van der Waals surface area contributed by atoms with Crippen molar-refractivity contribution in [2.45, 2.75) is 33.0 Å². The van der Waals surface area contributed by atoms with Gasteiger partial charge in [0.1, 0.15) is 19.8 Å². The number of benzene rings is 2. The summed E-state index contributed by atoms with van der Waals surface area (Å²) < 4.78 is 14.3. The van der Waals surface area contributed by atoms with Crippen molar-refractivity contribution in [3.8, 4) is 11.5 Å². The number of hydrogen-bond donors (Lipinski definition) is 1. The summed E-state index contributed by atoms with van der Waals surface area (Å²) in [5.41, 5.74) is 2.34. The van der Waals surface area contributed by atoms with E-state index >= 15 is 0 Å². The lowest BCUT2D eigenvalue weighted by atomic mass is 10.1. The summed E-state index contributed by atoms with van der Waals surface area (Å²) in [6.45, 7) is 5.41. The average Bonchev–Trinajstić information content (AvgIpc) is 2.98. The number of carbonyl (C=O) groups excluding carboxylic acids is 1. The number of nitrogens with zero attached hydrogens (tertiary/aromatic N) is 2. The lowest BCUT2D eigenvalue weighted by Gasteiger charge is -2.21. The third kappa shape index (κ3) is 3.24. The monoisotopic (exact) mass is 381 g/mol. The van der Waals surface area contributed by atoms with Gasteiger partial charge in [-0.1, -0.05) is 18.2 Å². The molecule has 0 bridgehead atoms. The second-order valence-corrected chi connectivity index (χ2v) is 6.79. The molecule has 1 aromatic heterocycles. The van der Waals surface area contributed by atoms with E-state index in [-0.39, 0.29) is 24.2 Å². The van der Waals surface area contributed by atoms with E-state index in [0.29, 0.717) is 31.3 Å². The van der Waals surface area contributed by atoms with Gasteiger partial charge in [0.05, 0.1) is 17.1 Å². The molecule has 0 spiro atoms. The molecule has 1 unspecified atom stereocenters. The fourth-order valence-corrected chi connectivity index (χ4v) is 3.57. The number of aryl methyl sites for hydroxylation is 1.